The Hall–Kier alpha value is -1.40. The number of thiazole rings is 1. The lowest BCUT2D eigenvalue weighted by Gasteiger charge is -2.29. The van der Waals surface area contributed by atoms with Crippen LogP contribution in [-0.2, 0) is 18.1 Å². The summed E-state index contributed by atoms with van der Waals surface area (Å²) in [5.74, 6) is 0. The lowest BCUT2D eigenvalue weighted by atomic mass is 9.84. The Morgan fingerprint density at radius 3 is 2.67 bits per heavy atom. The van der Waals surface area contributed by atoms with Gasteiger partial charge in [0.05, 0.1) is 5.54 Å². The summed E-state index contributed by atoms with van der Waals surface area (Å²) in [4.78, 5) is 4.01. The van der Waals surface area contributed by atoms with Gasteiger partial charge in [0, 0.05) is 11.1 Å². The van der Waals surface area contributed by atoms with Crippen molar-refractivity contribution in [3.8, 4) is 0 Å². The number of nitrogens with zero attached hydrogens (tertiary/aromatic N) is 1. The standard InChI is InChI=1S/C15H15F3N2S/c16-15(17,18)13-20-9-12(21-13)14(19)8-4-3-6-10-5-1-2-7-11(10)14/h1-2,5,7,9H,3-4,6,8,19H2. The molecule has 3 rings (SSSR count). The number of benzene rings is 1. The minimum atomic E-state index is -4.41. The molecule has 1 aromatic heterocycles. The fourth-order valence-electron chi connectivity index (χ4n) is 2.89. The number of hydrogen-bond donors (Lipinski definition) is 1. The molecular formula is C15H15F3N2S. The normalized spacial score (nSPS) is 22.7. The minimum absolute atomic E-state index is 0.490. The highest BCUT2D eigenvalue weighted by molar-refractivity contribution is 7.11. The lowest BCUT2D eigenvalue weighted by molar-refractivity contribution is -0.137. The van der Waals surface area contributed by atoms with Crippen LogP contribution in [0.2, 0.25) is 0 Å². The zero-order chi connectivity index (χ0) is 15.1. The predicted molar refractivity (Wildman–Crippen MR) is 76.1 cm³/mol. The molecular weight excluding hydrogens is 297 g/mol. The predicted octanol–water partition coefficient (Wildman–Crippen LogP) is 4.09. The summed E-state index contributed by atoms with van der Waals surface area (Å²) in [6.45, 7) is 0. The highest BCUT2D eigenvalue weighted by Crippen LogP contribution is 2.42. The number of alkyl halides is 3. The Bertz CT molecular complexity index is 650. The molecule has 6 heteroatoms. The van der Waals surface area contributed by atoms with Crippen LogP contribution in [0, 0.1) is 0 Å². The molecule has 1 aromatic carbocycles. The van der Waals surface area contributed by atoms with Gasteiger partial charge < -0.3 is 5.73 Å². The molecule has 1 aliphatic rings. The van der Waals surface area contributed by atoms with Crippen molar-refractivity contribution in [3.63, 3.8) is 0 Å². The van der Waals surface area contributed by atoms with E-state index in [1.165, 1.54) is 6.20 Å². The second-order valence-corrected chi connectivity index (χ2v) is 6.39. The van der Waals surface area contributed by atoms with Crippen LogP contribution < -0.4 is 5.73 Å². The van der Waals surface area contributed by atoms with E-state index in [9.17, 15) is 13.2 Å². The number of halogens is 3. The molecule has 0 bridgehead atoms. The molecule has 2 N–H and O–H groups in total. The molecule has 0 radical (unpaired) electrons. The molecule has 2 nitrogen and oxygen atoms in total. The number of nitrogens with two attached hydrogens (primary N) is 1. The molecule has 0 saturated heterocycles. The summed E-state index contributed by atoms with van der Waals surface area (Å²) < 4.78 is 38.3. The molecule has 1 heterocycles. The molecule has 0 spiro atoms. The van der Waals surface area contributed by atoms with E-state index in [4.69, 9.17) is 5.73 Å². The molecule has 2 aromatic rings. The van der Waals surface area contributed by atoms with Gasteiger partial charge in [-0.05, 0) is 30.4 Å². The Kier molecular flexibility index (Phi) is 3.53. The Balaban J connectivity index is 2.09. The largest absolute Gasteiger partial charge is 0.443 e. The summed E-state index contributed by atoms with van der Waals surface area (Å²) in [6.07, 6.45) is 0.327. The average molecular weight is 312 g/mol. The van der Waals surface area contributed by atoms with Crippen LogP contribution in [0.15, 0.2) is 30.5 Å². The molecule has 0 fully saturated rings. The van der Waals surface area contributed by atoms with E-state index in [1.807, 2.05) is 24.3 Å². The van der Waals surface area contributed by atoms with Crippen molar-refractivity contribution >= 4 is 11.3 Å². The average Bonchev–Trinajstić information content (AvgIpc) is 2.88. The van der Waals surface area contributed by atoms with Crippen molar-refractivity contribution < 1.29 is 13.2 Å². The smallest absolute Gasteiger partial charge is 0.317 e. The molecule has 0 amide bonds. The summed E-state index contributed by atoms with van der Waals surface area (Å²) >= 11 is 0.657. The van der Waals surface area contributed by atoms with Gasteiger partial charge >= 0.3 is 6.18 Å². The van der Waals surface area contributed by atoms with Gasteiger partial charge in [0.25, 0.3) is 0 Å². The molecule has 0 saturated carbocycles. The SMILES string of the molecule is NC1(c2cnc(C(F)(F)F)s2)CCCCc2ccccc21. The minimum Gasteiger partial charge on any atom is -0.317 e. The monoisotopic (exact) mass is 312 g/mol. The van der Waals surface area contributed by atoms with Crippen LogP contribution in [0.4, 0.5) is 13.2 Å². The van der Waals surface area contributed by atoms with Gasteiger partial charge in [0.1, 0.15) is 0 Å². The van der Waals surface area contributed by atoms with Crippen molar-refractivity contribution in [1.82, 2.24) is 4.98 Å². The third-order valence-corrected chi connectivity index (χ3v) is 5.17. The number of fused-ring (bicyclic) bond motifs is 1. The number of rotatable bonds is 1. The third kappa shape index (κ3) is 2.58. The molecule has 112 valence electrons. The first-order chi connectivity index (χ1) is 9.91. The summed E-state index contributed by atoms with van der Waals surface area (Å²) in [7, 11) is 0. The fourth-order valence-corrected chi connectivity index (χ4v) is 3.82. The third-order valence-electron chi connectivity index (χ3n) is 3.95. The van der Waals surface area contributed by atoms with E-state index < -0.39 is 16.7 Å². The van der Waals surface area contributed by atoms with E-state index in [2.05, 4.69) is 4.98 Å². The highest BCUT2D eigenvalue weighted by Gasteiger charge is 2.39. The Morgan fingerprint density at radius 2 is 1.95 bits per heavy atom. The maximum atomic E-state index is 12.8. The molecule has 1 atom stereocenters. The van der Waals surface area contributed by atoms with Gasteiger partial charge in [-0.25, -0.2) is 4.98 Å². The van der Waals surface area contributed by atoms with Crippen LogP contribution in [0.25, 0.3) is 0 Å². The Morgan fingerprint density at radius 1 is 1.19 bits per heavy atom. The molecule has 1 aliphatic carbocycles. The molecule has 21 heavy (non-hydrogen) atoms. The van der Waals surface area contributed by atoms with E-state index in [0.717, 1.165) is 30.4 Å². The van der Waals surface area contributed by atoms with E-state index >= 15 is 0 Å². The van der Waals surface area contributed by atoms with Crippen LogP contribution in [-0.4, -0.2) is 4.98 Å². The fraction of sp³-hybridized carbons (Fsp3) is 0.400. The first kappa shape index (κ1) is 14.5. The lowest BCUT2D eigenvalue weighted by Crippen LogP contribution is -2.37. The molecule has 0 aliphatic heterocycles. The van der Waals surface area contributed by atoms with E-state index in [1.54, 1.807) is 0 Å². The summed E-state index contributed by atoms with van der Waals surface area (Å²) in [5, 5.41) is -0.830. The van der Waals surface area contributed by atoms with Crippen LogP contribution in [0.5, 0.6) is 0 Å². The van der Waals surface area contributed by atoms with E-state index in [-0.39, 0.29) is 0 Å². The van der Waals surface area contributed by atoms with Crippen molar-refractivity contribution in [3.05, 3.63) is 51.5 Å². The van der Waals surface area contributed by atoms with Crippen molar-refractivity contribution in [2.45, 2.75) is 37.4 Å². The van der Waals surface area contributed by atoms with Crippen molar-refractivity contribution in [1.29, 1.82) is 0 Å². The van der Waals surface area contributed by atoms with Gasteiger partial charge in [-0.2, -0.15) is 13.2 Å². The maximum absolute atomic E-state index is 12.8. The highest BCUT2D eigenvalue weighted by atomic mass is 32.1. The van der Waals surface area contributed by atoms with Crippen LogP contribution >= 0.6 is 11.3 Å². The van der Waals surface area contributed by atoms with Crippen molar-refractivity contribution in [2.24, 2.45) is 5.73 Å². The summed E-state index contributed by atoms with van der Waals surface area (Å²) in [5.41, 5.74) is 7.74. The van der Waals surface area contributed by atoms with Gasteiger partial charge in [-0.15, -0.1) is 11.3 Å². The van der Waals surface area contributed by atoms with Gasteiger partial charge in [0.15, 0.2) is 5.01 Å². The number of aryl methyl sites for hydroxylation is 1. The summed E-state index contributed by atoms with van der Waals surface area (Å²) in [6, 6.07) is 7.76. The van der Waals surface area contributed by atoms with Gasteiger partial charge in [-0.3, -0.25) is 0 Å². The zero-order valence-corrected chi connectivity index (χ0v) is 12.1. The number of hydrogen-bond acceptors (Lipinski definition) is 3. The molecule has 1 unspecified atom stereocenters. The second-order valence-electron chi connectivity index (χ2n) is 5.36. The maximum Gasteiger partial charge on any atom is 0.443 e. The number of aromatic nitrogens is 1. The first-order valence-electron chi connectivity index (χ1n) is 6.82. The van der Waals surface area contributed by atoms with Crippen LogP contribution in [0.3, 0.4) is 0 Å². The quantitative estimate of drug-likeness (QED) is 0.806. The van der Waals surface area contributed by atoms with Gasteiger partial charge in [-0.1, -0.05) is 30.7 Å². The first-order valence-corrected chi connectivity index (χ1v) is 7.64. The van der Waals surface area contributed by atoms with Crippen molar-refractivity contribution in [2.75, 3.05) is 0 Å². The van der Waals surface area contributed by atoms with E-state index in [0.29, 0.717) is 22.6 Å². The second kappa shape index (κ2) is 5.10. The zero-order valence-electron chi connectivity index (χ0n) is 11.3. The van der Waals surface area contributed by atoms with Gasteiger partial charge in [0.2, 0.25) is 0 Å². The Labute approximate surface area is 124 Å². The topological polar surface area (TPSA) is 38.9 Å². The van der Waals surface area contributed by atoms with Crippen LogP contribution in [0.1, 0.15) is 40.3 Å².